The molecule has 2 aromatic rings. The molecule has 1 saturated heterocycles. The number of halogens is 4. The molecule has 3 rings (SSSR count). The normalized spacial score (nSPS) is 15.6. The Morgan fingerprint density at radius 1 is 1.21 bits per heavy atom. The summed E-state index contributed by atoms with van der Waals surface area (Å²) in [6, 6.07) is 2.33. The molecule has 10 heteroatoms. The molecule has 0 aliphatic carbocycles. The monoisotopic (exact) mass is 417 g/mol. The molecule has 0 spiro atoms. The first kappa shape index (κ1) is 22.2. The van der Waals surface area contributed by atoms with Gasteiger partial charge in [-0.15, -0.1) is 12.4 Å². The number of likely N-dealkylation sites (tertiary alicyclic amines) is 1. The smallest absolute Gasteiger partial charge is 0.338 e. The second-order valence-electron chi connectivity index (χ2n) is 7.04. The number of nitrogens with zero attached hydrogens (tertiary/aromatic N) is 4. The molecular weight excluding hydrogens is 395 g/mol. The molecule has 1 aliphatic rings. The van der Waals surface area contributed by atoms with Crippen LogP contribution in [0.1, 0.15) is 54.2 Å². The second-order valence-corrected chi connectivity index (χ2v) is 7.04. The maximum absolute atomic E-state index is 12.9. The van der Waals surface area contributed by atoms with E-state index in [2.05, 4.69) is 10.1 Å². The molecule has 0 saturated carbocycles. The van der Waals surface area contributed by atoms with Crippen LogP contribution in [0.15, 0.2) is 24.5 Å². The van der Waals surface area contributed by atoms with Gasteiger partial charge in [0, 0.05) is 25.3 Å². The maximum Gasteiger partial charge on any atom is 0.417 e. The van der Waals surface area contributed by atoms with Crippen LogP contribution in [0.25, 0.3) is 5.82 Å². The van der Waals surface area contributed by atoms with Crippen molar-refractivity contribution in [2.75, 3.05) is 13.1 Å². The highest BCUT2D eigenvalue weighted by molar-refractivity contribution is 5.95. The largest absolute Gasteiger partial charge is 0.417 e. The van der Waals surface area contributed by atoms with Crippen molar-refractivity contribution in [3.8, 4) is 5.82 Å². The van der Waals surface area contributed by atoms with Crippen LogP contribution in [0.2, 0.25) is 0 Å². The van der Waals surface area contributed by atoms with Gasteiger partial charge in [-0.1, -0.05) is 13.8 Å². The lowest BCUT2D eigenvalue weighted by Gasteiger charge is -2.30. The fraction of sp³-hybridized carbons (Fsp3) is 0.500. The summed E-state index contributed by atoms with van der Waals surface area (Å²) in [5.74, 6) is 0.0396. The average Bonchev–Trinajstić information content (AvgIpc) is 3.06. The van der Waals surface area contributed by atoms with Crippen LogP contribution >= 0.6 is 12.4 Å². The fourth-order valence-corrected chi connectivity index (χ4v) is 3.21. The third-order valence-electron chi connectivity index (χ3n) is 4.70. The highest BCUT2D eigenvalue weighted by atomic mass is 35.5. The van der Waals surface area contributed by atoms with E-state index in [-0.39, 0.29) is 36.1 Å². The number of rotatable bonds is 3. The van der Waals surface area contributed by atoms with Crippen LogP contribution in [0.5, 0.6) is 0 Å². The number of alkyl halides is 3. The number of carbonyl (C=O) groups excluding carboxylic acids is 1. The van der Waals surface area contributed by atoms with E-state index in [1.54, 1.807) is 4.90 Å². The predicted octanol–water partition coefficient (Wildman–Crippen LogP) is 3.39. The van der Waals surface area contributed by atoms with Crippen molar-refractivity contribution in [2.24, 2.45) is 5.73 Å². The van der Waals surface area contributed by atoms with Gasteiger partial charge in [-0.2, -0.15) is 18.3 Å². The minimum absolute atomic E-state index is 0. The van der Waals surface area contributed by atoms with Gasteiger partial charge >= 0.3 is 6.18 Å². The number of nitrogens with two attached hydrogens (primary N) is 1. The van der Waals surface area contributed by atoms with Crippen LogP contribution in [0.3, 0.4) is 0 Å². The molecule has 1 aliphatic heterocycles. The molecule has 2 aromatic heterocycles. The first-order valence-corrected chi connectivity index (χ1v) is 8.85. The molecule has 0 aromatic carbocycles. The molecule has 28 heavy (non-hydrogen) atoms. The molecule has 0 unspecified atom stereocenters. The zero-order valence-electron chi connectivity index (χ0n) is 15.6. The number of piperidine rings is 1. The van der Waals surface area contributed by atoms with Crippen molar-refractivity contribution in [3.05, 3.63) is 41.3 Å². The van der Waals surface area contributed by atoms with E-state index in [1.807, 2.05) is 13.8 Å². The van der Waals surface area contributed by atoms with E-state index >= 15 is 0 Å². The highest BCUT2D eigenvalue weighted by Crippen LogP contribution is 2.30. The first-order valence-electron chi connectivity index (χ1n) is 8.85. The molecule has 154 valence electrons. The predicted molar refractivity (Wildman–Crippen MR) is 101 cm³/mol. The van der Waals surface area contributed by atoms with E-state index in [9.17, 15) is 18.0 Å². The molecule has 0 radical (unpaired) electrons. The van der Waals surface area contributed by atoms with E-state index in [1.165, 1.54) is 16.9 Å². The minimum Gasteiger partial charge on any atom is -0.338 e. The zero-order valence-corrected chi connectivity index (χ0v) is 16.4. The molecular formula is C18H23ClF3N5O. The van der Waals surface area contributed by atoms with E-state index in [0.29, 0.717) is 24.3 Å². The van der Waals surface area contributed by atoms with Gasteiger partial charge in [-0.25, -0.2) is 9.67 Å². The van der Waals surface area contributed by atoms with Crippen molar-refractivity contribution in [1.29, 1.82) is 0 Å². The van der Waals surface area contributed by atoms with Gasteiger partial charge in [0.2, 0.25) is 0 Å². The standard InChI is InChI=1S/C18H22F3N5O.ClH/c1-11(2)16-14(17(27)25-7-5-13(22)6-8-25)10-24-26(16)15-4-3-12(9-23-15)18(19,20)21;/h3-4,9-11,13H,5-8,22H2,1-2H3;1H. The third-order valence-corrected chi connectivity index (χ3v) is 4.70. The lowest BCUT2D eigenvalue weighted by Crippen LogP contribution is -2.43. The zero-order chi connectivity index (χ0) is 19.8. The second kappa shape index (κ2) is 8.48. The number of carbonyl (C=O) groups is 1. The van der Waals surface area contributed by atoms with Crippen molar-refractivity contribution in [2.45, 2.75) is 44.8 Å². The molecule has 2 N–H and O–H groups in total. The van der Waals surface area contributed by atoms with Crippen LogP contribution in [0, 0.1) is 0 Å². The summed E-state index contributed by atoms with van der Waals surface area (Å²) in [5, 5.41) is 4.23. The average molecular weight is 418 g/mol. The number of amides is 1. The lowest BCUT2D eigenvalue weighted by molar-refractivity contribution is -0.137. The molecule has 3 heterocycles. The Morgan fingerprint density at radius 3 is 2.36 bits per heavy atom. The summed E-state index contributed by atoms with van der Waals surface area (Å²) in [6.07, 6.45) is -0.721. The maximum atomic E-state index is 12.9. The van der Waals surface area contributed by atoms with Crippen LogP contribution in [-0.2, 0) is 6.18 Å². The lowest BCUT2D eigenvalue weighted by atomic mass is 10.0. The molecule has 0 atom stereocenters. The summed E-state index contributed by atoms with van der Waals surface area (Å²) >= 11 is 0. The Hall–Kier alpha value is -2.13. The van der Waals surface area contributed by atoms with Gasteiger partial charge in [0.1, 0.15) is 0 Å². The van der Waals surface area contributed by atoms with Crippen LogP contribution < -0.4 is 5.73 Å². The summed E-state index contributed by atoms with van der Waals surface area (Å²) in [4.78, 5) is 18.6. The van der Waals surface area contributed by atoms with Gasteiger partial charge in [-0.05, 0) is 30.9 Å². The molecule has 1 amide bonds. The summed E-state index contributed by atoms with van der Waals surface area (Å²) in [6.45, 7) is 4.98. The SMILES string of the molecule is CC(C)c1c(C(=O)N2CCC(N)CC2)cnn1-c1ccc(C(F)(F)F)cn1.Cl. The van der Waals surface area contributed by atoms with Crippen LogP contribution in [-0.4, -0.2) is 44.7 Å². The number of pyridine rings is 1. The summed E-state index contributed by atoms with van der Waals surface area (Å²) in [7, 11) is 0. The van der Waals surface area contributed by atoms with Crippen molar-refractivity contribution in [3.63, 3.8) is 0 Å². The number of hydrogen-bond donors (Lipinski definition) is 1. The van der Waals surface area contributed by atoms with Crippen molar-refractivity contribution < 1.29 is 18.0 Å². The van der Waals surface area contributed by atoms with Gasteiger partial charge < -0.3 is 10.6 Å². The Balaban J connectivity index is 0.00000280. The fourth-order valence-electron chi connectivity index (χ4n) is 3.21. The Kier molecular flexibility index (Phi) is 6.71. The van der Waals surface area contributed by atoms with Gasteiger partial charge in [-0.3, -0.25) is 4.79 Å². The molecule has 6 nitrogen and oxygen atoms in total. The topological polar surface area (TPSA) is 77.0 Å². The third kappa shape index (κ3) is 4.47. The van der Waals surface area contributed by atoms with Gasteiger partial charge in [0.25, 0.3) is 5.91 Å². The van der Waals surface area contributed by atoms with E-state index in [4.69, 9.17) is 5.73 Å². The van der Waals surface area contributed by atoms with Crippen LogP contribution in [0.4, 0.5) is 13.2 Å². The van der Waals surface area contributed by atoms with Crippen molar-refractivity contribution >= 4 is 18.3 Å². The van der Waals surface area contributed by atoms with Gasteiger partial charge in [0.15, 0.2) is 5.82 Å². The van der Waals surface area contributed by atoms with E-state index < -0.39 is 11.7 Å². The number of aromatic nitrogens is 3. The first-order chi connectivity index (χ1) is 12.7. The molecule has 0 bridgehead atoms. The summed E-state index contributed by atoms with van der Waals surface area (Å²) < 4.78 is 39.7. The van der Waals surface area contributed by atoms with E-state index in [0.717, 1.165) is 25.1 Å². The Morgan fingerprint density at radius 2 is 1.86 bits per heavy atom. The highest BCUT2D eigenvalue weighted by Gasteiger charge is 2.31. The number of hydrogen-bond acceptors (Lipinski definition) is 4. The minimum atomic E-state index is -4.45. The van der Waals surface area contributed by atoms with Crippen molar-refractivity contribution in [1.82, 2.24) is 19.7 Å². The summed E-state index contributed by atoms with van der Waals surface area (Å²) in [5.41, 5.74) is 6.14. The quantitative estimate of drug-likeness (QED) is 0.830. The Labute approximate surface area is 167 Å². The molecule has 1 fully saturated rings. The van der Waals surface area contributed by atoms with Gasteiger partial charge in [0.05, 0.1) is 23.0 Å². The Bertz CT molecular complexity index is 812.